The minimum absolute atomic E-state index is 0.426. The van der Waals surface area contributed by atoms with E-state index in [2.05, 4.69) is 124 Å². The molecule has 46 heavy (non-hydrogen) atoms. The van der Waals surface area contributed by atoms with Crippen LogP contribution >= 0.6 is 0 Å². The lowest BCUT2D eigenvalue weighted by Gasteiger charge is -2.14. The summed E-state index contributed by atoms with van der Waals surface area (Å²) in [6.07, 6.45) is 8.19. The van der Waals surface area contributed by atoms with E-state index in [1.807, 2.05) is 35.3 Å². The minimum atomic E-state index is 0.426. The fraction of sp³-hybridized carbons (Fsp3) is 0.220. The molecule has 0 aliphatic heterocycles. The van der Waals surface area contributed by atoms with E-state index in [1.54, 1.807) is 0 Å². The number of pyridine rings is 1. The number of rotatable bonds is 9. The molecule has 7 aromatic rings. The van der Waals surface area contributed by atoms with Gasteiger partial charge >= 0.3 is 0 Å². The topological polar surface area (TPSA) is 44.9 Å². The highest BCUT2D eigenvalue weighted by Crippen LogP contribution is 2.36. The number of aromatic nitrogens is 4. The Balaban J connectivity index is 1.23. The molecule has 0 bridgehead atoms. The third-order valence-electron chi connectivity index (χ3n) is 8.81. The van der Waals surface area contributed by atoms with Crippen LogP contribution in [0, 0.1) is 12.8 Å². The maximum absolute atomic E-state index is 6.51. The van der Waals surface area contributed by atoms with Crippen LogP contribution in [0.1, 0.15) is 56.7 Å². The molecular formula is C41H40N4O. The van der Waals surface area contributed by atoms with E-state index in [4.69, 9.17) is 14.8 Å². The summed E-state index contributed by atoms with van der Waals surface area (Å²) in [6, 6.07) is 33.9. The molecule has 0 spiro atoms. The molecule has 0 aliphatic rings. The summed E-state index contributed by atoms with van der Waals surface area (Å²) < 4.78 is 10.7. The number of para-hydroxylation sites is 1. The summed E-state index contributed by atoms with van der Waals surface area (Å²) in [7, 11) is 0. The van der Waals surface area contributed by atoms with Gasteiger partial charge in [-0.3, -0.25) is 4.57 Å². The Morgan fingerprint density at radius 1 is 0.761 bits per heavy atom. The largest absolute Gasteiger partial charge is 0.457 e. The van der Waals surface area contributed by atoms with Gasteiger partial charge < -0.3 is 4.74 Å². The fourth-order valence-electron chi connectivity index (χ4n) is 6.44. The predicted octanol–water partition coefficient (Wildman–Crippen LogP) is 10.8. The standard InChI is InChI=1S/C41H40N4O/c1-27(2)16-17-30-20-21-42-40(22-30)45-38-15-7-6-13-36(38)37-19-18-34(24-39(37)45)46-33-12-9-11-32(23-33)44-26-31(25-43-44)41-29(5)10-8-14-35(41)28(3)4/h6-15,18-28H,16-17H2,1-5H3. The zero-order valence-corrected chi connectivity index (χ0v) is 27.2. The van der Waals surface area contributed by atoms with Crippen LogP contribution in [0.5, 0.6) is 11.5 Å². The Bertz CT molecular complexity index is 2170. The summed E-state index contributed by atoms with van der Waals surface area (Å²) in [5.41, 5.74) is 9.43. The van der Waals surface area contributed by atoms with Gasteiger partial charge in [0.05, 0.1) is 22.9 Å². The summed E-state index contributed by atoms with van der Waals surface area (Å²) in [5.74, 6) is 3.53. The van der Waals surface area contributed by atoms with Gasteiger partial charge in [-0.1, -0.05) is 70.2 Å². The van der Waals surface area contributed by atoms with E-state index in [-0.39, 0.29) is 0 Å². The van der Waals surface area contributed by atoms with Crippen LogP contribution < -0.4 is 4.74 Å². The molecule has 0 N–H and O–H groups in total. The first kappa shape index (κ1) is 29.5. The monoisotopic (exact) mass is 604 g/mol. The smallest absolute Gasteiger partial charge is 0.137 e. The summed E-state index contributed by atoms with van der Waals surface area (Å²) in [6.45, 7) is 11.2. The number of nitrogens with zero attached hydrogens (tertiary/aromatic N) is 4. The second-order valence-electron chi connectivity index (χ2n) is 13.0. The van der Waals surface area contributed by atoms with Gasteiger partial charge in [-0.05, 0) is 96.3 Å². The van der Waals surface area contributed by atoms with E-state index >= 15 is 0 Å². The molecule has 5 heteroatoms. The first-order valence-corrected chi connectivity index (χ1v) is 16.3. The Morgan fingerprint density at radius 2 is 1.57 bits per heavy atom. The van der Waals surface area contributed by atoms with Crippen LogP contribution in [0.4, 0.5) is 0 Å². The molecular weight excluding hydrogens is 564 g/mol. The van der Waals surface area contributed by atoms with Crippen molar-refractivity contribution in [3.05, 3.63) is 132 Å². The molecule has 0 atom stereocenters. The Labute approximate surface area is 271 Å². The van der Waals surface area contributed by atoms with E-state index in [0.29, 0.717) is 11.8 Å². The zero-order chi connectivity index (χ0) is 31.8. The van der Waals surface area contributed by atoms with Crippen molar-refractivity contribution in [3.63, 3.8) is 0 Å². The van der Waals surface area contributed by atoms with Crippen LogP contribution in [-0.4, -0.2) is 19.3 Å². The van der Waals surface area contributed by atoms with Gasteiger partial charge in [-0.15, -0.1) is 0 Å². The van der Waals surface area contributed by atoms with Gasteiger partial charge in [0.2, 0.25) is 0 Å². The van der Waals surface area contributed by atoms with Gasteiger partial charge in [0.15, 0.2) is 0 Å². The third kappa shape index (κ3) is 5.69. The van der Waals surface area contributed by atoms with Crippen molar-refractivity contribution >= 4 is 21.8 Å². The average molecular weight is 605 g/mol. The Kier molecular flexibility index (Phi) is 7.91. The predicted molar refractivity (Wildman–Crippen MR) is 190 cm³/mol. The maximum Gasteiger partial charge on any atom is 0.137 e. The summed E-state index contributed by atoms with van der Waals surface area (Å²) in [5, 5.41) is 7.12. The molecule has 0 fully saturated rings. The molecule has 0 radical (unpaired) electrons. The quantitative estimate of drug-likeness (QED) is 0.165. The normalized spacial score (nSPS) is 11.7. The summed E-state index contributed by atoms with van der Waals surface area (Å²) >= 11 is 0. The molecule has 230 valence electrons. The Morgan fingerprint density at radius 3 is 2.41 bits per heavy atom. The van der Waals surface area contributed by atoms with E-state index in [0.717, 1.165) is 52.4 Å². The van der Waals surface area contributed by atoms with Crippen molar-refractivity contribution in [3.8, 4) is 34.1 Å². The second-order valence-corrected chi connectivity index (χ2v) is 13.0. The lowest BCUT2D eigenvalue weighted by molar-refractivity contribution is 0.483. The molecule has 0 unspecified atom stereocenters. The molecule has 0 saturated carbocycles. The molecule has 7 rings (SSSR count). The summed E-state index contributed by atoms with van der Waals surface area (Å²) in [4.78, 5) is 4.82. The SMILES string of the molecule is Cc1cccc(C(C)C)c1-c1cnn(-c2cccc(Oc3ccc4c5ccccc5n(-c5cc(CCC(C)C)ccn5)c4c3)c2)c1. The number of aryl methyl sites for hydroxylation is 2. The van der Waals surface area contributed by atoms with Crippen molar-refractivity contribution in [2.75, 3.05) is 0 Å². The van der Waals surface area contributed by atoms with Crippen LogP contribution in [0.3, 0.4) is 0 Å². The van der Waals surface area contributed by atoms with Crippen LogP contribution in [0.15, 0.2) is 116 Å². The van der Waals surface area contributed by atoms with E-state index in [1.165, 1.54) is 33.0 Å². The molecule has 0 amide bonds. The minimum Gasteiger partial charge on any atom is -0.457 e. The number of fused-ring (bicyclic) bond motifs is 3. The second kappa shape index (κ2) is 12.3. The van der Waals surface area contributed by atoms with Gasteiger partial charge in [-0.25, -0.2) is 9.67 Å². The number of ether oxygens (including phenoxy) is 1. The number of hydrogen-bond acceptors (Lipinski definition) is 3. The van der Waals surface area contributed by atoms with Gasteiger partial charge in [0, 0.05) is 40.9 Å². The van der Waals surface area contributed by atoms with Crippen molar-refractivity contribution in [1.82, 2.24) is 19.3 Å². The van der Waals surface area contributed by atoms with Crippen molar-refractivity contribution < 1.29 is 4.74 Å². The Hall–Kier alpha value is -5.16. The number of benzene rings is 4. The fourth-order valence-corrected chi connectivity index (χ4v) is 6.44. The van der Waals surface area contributed by atoms with E-state index < -0.39 is 0 Å². The van der Waals surface area contributed by atoms with Crippen molar-refractivity contribution in [2.45, 2.75) is 53.4 Å². The molecule has 0 saturated heterocycles. The lowest BCUT2D eigenvalue weighted by Crippen LogP contribution is -2.00. The van der Waals surface area contributed by atoms with Crippen molar-refractivity contribution in [2.24, 2.45) is 5.92 Å². The first-order valence-electron chi connectivity index (χ1n) is 16.3. The van der Waals surface area contributed by atoms with Crippen LogP contribution in [0.25, 0.3) is 44.4 Å². The highest BCUT2D eigenvalue weighted by Gasteiger charge is 2.16. The van der Waals surface area contributed by atoms with Crippen LogP contribution in [-0.2, 0) is 6.42 Å². The van der Waals surface area contributed by atoms with Crippen LogP contribution in [0.2, 0.25) is 0 Å². The zero-order valence-electron chi connectivity index (χ0n) is 27.2. The number of hydrogen-bond donors (Lipinski definition) is 0. The molecule has 3 heterocycles. The highest BCUT2D eigenvalue weighted by atomic mass is 16.5. The molecule has 5 nitrogen and oxygen atoms in total. The molecule has 0 aliphatic carbocycles. The van der Waals surface area contributed by atoms with Crippen molar-refractivity contribution in [1.29, 1.82) is 0 Å². The molecule has 4 aromatic carbocycles. The van der Waals surface area contributed by atoms with Gasteiger partial charge in [0.1, 0.15) is 17.3 Å². The first-order chi connectivity index (χ1) is 22.4. The van der Waals surface area contributed by atoms with Gasteiger partial charge in [-0.2, -0.15) is 5.10 Å². The highest BCUT2D eigenvalue weighted by molar-refractivity contribution is 6.09. The van der Waals surface area contributed by atoms with E-state index in [9.17, 15) is 0 Å². The third-order valence-corrected chi connectivity index (χ3v) is 8.81. The average Bonchev–Trinajstić information content (AvgIpc) is 3.67. The van der Waals surface area contributed by atoms with Gasteiger partial charge in [0.25, 0.3) is 0 Å². The molecule has 3 aromatic heterocycles. The maximum atomic E-state index is 6.51. The lowest BCUT2D eigenvalue weighted by atomic mass is 9.91.